The lowest BCUT2D eigenvalue weighted by molar-refractivity contribution is 1.43. The molecule has 0 heterocycles. The Morgan fingerprint density at radius 1 is 1.23 bits per heavy atom. The minimum atomic E-state index is 1.02. The molecule has 0 aliphatic rings. The molecule has 0 aromatic heterocycles. The Labute approximate surface area is 79.8 Å². The molecule has 68 valence electrons. The van der Waals surface area contributed by atoms with E-state index in [9.17, 15) is 0 Å². The smallest absolute Gasteiger partial charge is 0.0633 e. The second kappa shape index (κ2) is 4.61. The van der Waals surface area contributed by atoms with Crippen molar-refractivity contribution in [1.82, 2.24) is 0 Å². The molecule has 0 N–H and O–H groups in total. The summed E-state index contributed by atoms with van der Waals surface area (Å²) in [6.07, 6.45) is 3.99. The molecule has 1 nitrogen and oxygen atoms in total. The molecule has 0 spiro atoms. The number of hydrogen-bond acceptors (Lipinski definition) is 1. The molecule has 0 unspecified atom stereocenters. The molecular weight excluding hydrogens is 158 g/mol. The van der Waals surface area contributed by atoms with E-state index in [-0.39, 0.29) is 0 Å². The molecule has 1 rings (SSSR count). The summed E-state index contributed by atoms with van der Waals surface area (Å²) in [5.74, 6) is 0. The van der Waals surface area contributed by atoms with Crippen LogP contribution in [0.3, 0.4) is 0 Å². The van der Waals surface area contributed by atoms with Gasteiger partial charge in [-0.3, -0.25) is 4.99 Å². The van der Waals surface area contributed by atoms with Gasteiger partial charge in [-0.2, -0.15) is 0 Å². The highest BCUT2D eigenvalue weighted by Crippen LogP contribution is 2.12. The molecule has 0 saturated heterocycles. The highest BCUT2D eigenvalue weighted by molar-refractivity contribution is 5.94. The molecule has 1 heteroatoms. The van der Waals surface area contributed by atoms with E-state index < -0.39 is 0 Å². The zero-order valence-electron chi connectivity index (χ0n) is 8.41. The van der Waals surface area contributed by atoms with Crippen LogP contribution in [0.25, 0.3) is 0 Å². The first-order chi connectivity index (χ1) is 6.22. The average Bonchev–Trinajstić information content (AvgIpc) is 2.09. The normalized spacial score (nSPS) is 12.4. The van der Waals surface area contributed by atoms with Gasteiger partial charge in [-0.25, -0.2) is 0 Å². The first-order valence-electron chi connectivity index (χ1n) is 4.47. The minimum Gasteiger partial charge on any atom is -0.254 e. The number of allylic oxidation sites excluding steroid dienone is 2. The van der Waals surface area contributed by atoms with Crippen molar-refractivity contribution in [1.29, 1.82) is 0 Å². The van der Waals surface area contributed by atoms with Gasteiger partial charge in [-0.1, -0.05) is 23.8 Å². The molecule has 0 saturated carbocycles. The Morgan fingerprint density at radius 2 is 1.85 bits per heavy atom. The second-order valence-electron chi connectivity index (χ2n) is 3.09. The predicted octanol–water partition coefficient (Wildman–Crippen LogP) is 3.66. The Balaban J connectivity index is 2.85. The fraction of sp³-hybridized carbons (Fsp3) is 0.250. The van der Waals surface area contributed by atoms with E-state index in [0.717, 1.165) is 11.4 Å². The van der Waals surface area contributed by atoms with Crippen LogP contribution in [0, 0.1) is 6.92 Å². The number of aryl methyl sites for hydroxylation is 1. The van der Waals surface area contributed by atoms with Gasteiger partial charge in [0.1, 0.15) is 0 Å². The standard InChI is InChI=1S/C12H15N/c1-4-5-11(3)13-12-8-6-10(2)7-9-12/h4-9H,1-3H3/b5-4-,13-11?. The van der Waals surface area contributed by atoms with E-state index in [1.54, 1.807) is 0 Å². The molecule has 0 fully saturated rings. The predicted molar refractivity (Wildman–Crippen MR) is 58.8 cm³/mol. The Morgan fingerprint density at radius 3 is 2.38 bits per heavy atom. The van der Waals surface area contributed by atoms with E-state index >= 15 is 0 Å². The Kier molecular flexibility index (Phi) is 3.44. The van der Waals surface area contributed by atoms with Crippen LogP contribution in [0.1, 0.15) is 19.4 Å². The van der Waals surface area contributed by atoms with Crippen LogP contribution >= 0.6 is 0 Å². The summed E-state index contributed by atoms with van der Waals surface area (Å²) in [4.78, 5) is 4.42. The Bertz CT molecular complexity index is 317. The highest BCUT2D eigenvalue weighted by Gasteiger charge is 1.88. The van der Waals surface area contributed by atoms with Gasteiger partial charge in [0.2, 0.25) is 0 Å². The van der Waals surface area contributed by atoms with Crippen molar-refractivity contribution in [3.05, 3.63) is 42.0 Å². The minimum absolute atomic E-state index is 1.02. The molecule has 13 heavy (non-hydrogen) atoms. The molecule has 1 aromatic carbocycles. The summed E-state index contributed by atoms with van der Waals surface area (Å²) in [6, 6.07) is 8.20. The van der Waals surface area contributed by atoms with Gasteiger partial charge in [0, 0.05) is 5.71 Å². The molecule has 0 radical (unpaired) electrons. The maximum absolute atomic E-state index is 4.42. The number of hydrogen-bond donors (Lipinski definition) is 0. The summed E-state index contributed by atoms with van der Waals surface area (Å²) in [5, 5.41) is 0. The van der Waals surface area contributed by atoms with Crippen molar-refractivity contribution >= 4 is 11.4 Å². The van der Waals surface area contributed by atoms with E-state index in [0.29, 0.717) is 0 Å². The van der Waals surface area contributed by atoms with Crippen molar-refractivity contribution in [2.45, 2.75) is 20.8 Å². The Hall–Kier alpha value is -1.37. The van der Waals surface area contributed by atoms with Crippen LogP contribution < -0.4 is 0 Å². The lowest BCUT2D eigenvalue weighted by Gasteiger charge is -1.95. The number of rotatable bonds is 2. The van der Waals surface area contributed by atoms with E-state index in [2.05, 4.69) is 24.0 Å². The fourth-order valence-corrected chi connectivity index (χ4v) is 1.10. The van der Waals surface area contributed by atoms with Crippen molar-refractivity contribution < 1.29 is 0 Å². The summed E-state index contributed by atoms with van der Waals surface area (Å²) >= 11 is 0. The van der Waals surface area contributed by atoms with Crippen molar-refractivity contribution in [2.75, 3.05) is 0 Å². The summed E-state index contributed by atoms with van der Waals surface area (Å²) in [7, 11) is 0. The van der Waals surface area contributed by atoms with Crippen LogP contribution in [-0.4, -0.2) is 5.71 Å². The van der Waals surface area contributed by atoms with Gasteiger partial charge in [0.25, 0.3) is 0 Å². The highest BCUT2D eigenvalue weighted by atomic mass is 14.7. The largest absolute Gasteiger partial charge is 0.254 e. The first kappa shape index (κ1) is 9.72. The molecule has 0 aliphatic heterocycles. The average molecular weight is 173 g/mol. The van der Waals surface area contributed by atoms with Gasteiger partial charge in [-0.15, -0.1) is 0 Å². The van der Waals surface area contributed by atoms with Gasteiger partial charge >= 0.3 is 0 Å². The van der Waals surface area contributed by atoms with E-state index in [4.69, 9.17) is 0 Å². The van der Waals surface area contributed by atoms with E-state index in [1.165, 1.54) is 5.56 Å². The summed E-state index contributed by atoms with van der Waals surface area (Å²) < 4.78 is 0. The number of aliphatic imine (C=N–C) groups is 1. The van der Waals surface area contributed by atoms with Crippen molar-refractivity contribution in [3.63, 3.8) is 0 Å². The van der Waals surface area contributed by atoms with Gasteiger partial charge in [0.15, 0.2) is 0 Å². The van der Waals surface area contributed by atoms with Crippen molar-refractivity contribution in [2.24, 2.45) is 4.99 Å². The monoisotopic (exact) mass is 173 g/mol. The van der Waals surface area contributed by atoms with Crippen LogP contribution in [0.15, 0.2) is 41.4 Å². The zero-order chi connectivity index (χ0) is 9.68. The first-order valence-corrected chi connectivity index (χ1v) is 4.47. The quantitative estimate of drug-likeness (QED) is 0.605. The molecular formula is C12H15N. The van der Waals surface area contributed by atoms with Crippen LogP contribution in [0.5, 0.6) is 0 Å². The zero-order valence-corrected chi connectivity index (χ0v) is 8.41. The number of benzene rings is 1. The molecule has 1 aromatic rings. The maximum atomic E-state index is 4.42. The van der Waals surface area contributed by atoms with Gasteiger partial charge in [0.05, 0.1) is 5.69 Å². The third-order valence-electron chi connectivity index (χ3n) is 1.75. The molecule has 0 bridgehead atoms. The molecule has 0 amide bonds. The number of nitrogens with zero attached hydrogens (tertiary/aromatic N) is 1. The molecule has 0 atom stereocenters. The lowest BCUT2D eigenvalue weighted by atomic mass is 10.2. The second-order valence-corrected chi connectivity index (χ2v) is 3.09. The van der Waals surface area contributed by atoms with Crippen LogP contribution in [0.2, 0.25) is 0 Å². The third-order valence-corrected chi connectivity index (χ3v) is 1.75. The van der Waals surface area contributed by atoms with E-state index in [1.807, 2.05) is 38.1 Å². The summed E-state index contributed by atoms with van der Waals surface area (Å²) in [5.41, 5.74) is 3.31. The maximum Gasteiger partial charge on any atom is 0.0633 e. The lowest BCUT2D eigenvalue weighted by Crippen LogP contribution is -1.81. The van der Waals surface area contributed by atoms with Gasteiger partial charge < -0.3 is 0 Å². The SMILES string of the molecule is C/C=C\C(C)=Nc1ccc(C)cc1. The summed E-state index contributed by atoms with van der Waals surface area (Å²) in [6.45, 7) is 6.07. The van der Waals surface area contributed by atoms with Crippen molar-refractivity contribution in [3.8, 4) is 0 Å². The molecule has 0 aliphatic carbocycles. The fourth-order valence-electron chi connectivity index (χ4n) is 1.10. The topological polar surface area (TPSA) is 12.4 Å². The van der Waals surface area contributed by atoms with Crippen LogP contribution in [-0.2, 0) is 0 Å². The van der Waals surface area contributed by atoms with Gasteiger partial charge in [-0.05, 0) is 39.0 Å². The van der Waals surface area contributed by atoms with Crippen LogP contribution in [0.4, 0.5) is 5.69 Å². The third kappa shape index (κ3) is 3.24.